The van der Waals surface area contributed by atoms with Crippen molar-refractivity contribution in [2.24, 2.45) is 23.7 Å². The molecule has 4 aliphatic rings. The summed E-state index contributed by atoms with van der Waals surface area (Å²) in [5.74, 6) is 1.30. The molecule has 298 valence electrons. The van der Waals surface area contributed by atoms with E-state index in [-0.39, 0.29) is 68.2 Å². The summed E-state index contributed by atoms with van der Waals surface area (Å²) in [5, 5.41) is 18.9. The Morgan fingerprint density at radius 3 is 1.81 bits per heavy atom. The normalized spacial score (nSPS) is 30.6. The SMILES string of the molecule is C.C.Cc1cn([C@@H]2C[C@@H]3[C@H](O2)[C@H](O)C[C@H]3C)c(=O)[nH]c1=O.Cc1cn([C@@H]2C[C@@H]3[C@H](O2)[C@H](OP(OCCC#N)N(C(C)C)C(C)C)C[C@H]3C)c(=O)[nH]c1=O. The second-order valence-corrected chi connectivity index (χ2v) is 16.5. The first-order valence-corrected chi connectivity index (χ1v) is 19.1. The fourth-order valence-corrected chi connectivity index (χ4v) is 9.84. The van der Waals surface area contributed by atoms with Crippen molar-refractivity contribution in [3.05, 3.63) is 65.2 Å². The highest BCUT2D eigenvalue weighted by Gasteiger charge is 2.51. The molecule has 0 aromatic carbocycles. The van der Waals surface area contributed by atoms with E-state index in [0.29, 0.717) is 48.8 Å². The van der Waals surface area contributed by atoms with E-state index in [2.05, 4.69) is 62.3 Å². The average Bonchev–Trinajstić information content (AvgIpc) is 3.81. The van der Waals surface area contributed by atoms with E-state index in [1.807, 2.05) is 0 Å². The molecule has 0 spiro atoms. The van der Waals surface area contributed by atoms with Crippen LogP contribution in [0.5, 0.6) is 0 Å². The fraction of sp³-hybridized carbons (Fsp3) is 0.757. The van der Waals surface area contributed by atoms with Gasteiger partial charge in [-0.1, -0.05) is 28.7 Å². The highest BCUT2D eigenvalue weighted by Crippen LogP contribution is 2.54. The van der Waals surface area contributed by atoms with Crippen molar-refractivity contribution in [2.45, 2.75) is 151 Å². The molecule has 0 bridgehead atoms. The van der Waals surface area contributed by atoms with Crippen LogP contribution in [-0.4, -0.2) is 72.0 Å². The summed E-state index contributed by atoms with van der Waals surface area (Å²) in [6.07, 6.45) is 4.64. The van der Waals surface area contributed by atoms with Gasteiger partial charge >= 0.3 is 11.4 Å². The van der Waals surface area contributed by atoms with Crippen LogP contribution in [0.15, 0.2) is 31.6 Å². The molecule has 2 aromatic heterocycles. The Bertz CT molecular complexity index is 1780. The molecule has 4 fully saturated rings. The second-order valence-electron chi connectivity index (χ2n) is 15.1. The van der Waals surface area contributed by atoms with Crippen molar-refractivity contribution >= 4 is 8.53 Å². The summed E-state index contributed by atoms with van der Waals surface area (Å²) in [4.78, 5) is 51.9. The van der Waals surface area contributed by atoms with Crippen molar-refractivity contribution in [1.82, 2.24) is 23.8 Å². The highest BCUT2D eigenvalue weighted by molar-refractivity contribution is 7.44. The molecule has 4 heterocycles. The molecule has 11 atom stereocenters. The van der Waals surface area contributed by atoms with Gasteiger partial charge in [0.2, 0.25) is 0 Å². The summed E-state index contributed by atoms with van der Waals surface area (Å²) in [6.45, 7) is 16.4. The van der Waals surface area contributed by atoms with E-state index >= 15 is 0 Å². The maximum Gasteiger partial charge on any atom is 0.330 e. The Labute approximate surface area is 313 Å². The lowest BCUT2D eigenvalue weighted by Gasteiger charge is -2.37. The minimum Gasteiger partial charge on any atom is -0.390 e. The van der Waals surface area contributed by atoms with Gasteiger partial charge < -0.3 is 23.6 Å². The lowest BCUT2D eigenvalue weighted by molar-refractivity contribution is -0.0555. The third-order valence-electron chi connectivity index (χ3n) is 10.6. The first-order valence-electron chi connectivity index (χ1n) is 18.0. The number of nitrogens with zero attached hydrogens (tertiary/aromatic N) is 4. The van der Waals surface area contributed by atoms with E-state index in [9.17, 15) is 24.3 Å². The van der Waals surface area contributed by atoms with Gasteiger partial charge in [0.15, 0.2) is 0 Å². The standard InChI is InChI=1S/C22H35N4O5P.C13H18N2O4.2CH4/c1-13(2)26(14(3)4)32(29-9-7-8-23)31-18-10-15(5)17-11-19(30-20(17)18)25-12-16(6)21(27)24-22(25)28;1-6-3-9(16)11-8(6)4-10(19-11)15-5-7(2)12(17)14-13(15)18;;/h12-15,17-20H,7,9-11H2,1-6H3,(H,24,27,28);5-6,8-11,16H,3-4H2,1-2H3,(H,14,17,18);2*1H4/t15-,17+,18-,19+,20+,32?;6-,8+,9-,10+,11+;;/m11../s1. The minimum atomic E-state index is -1.37. The minimum absolute atomic E-state index is 0. The Morgan fingerprint density at radius 2 is 1.34 bits per heavy atom. The van der Waals surface area contributed by atoms with Crippen LogP contribution in [-0.2, 0) is 18.5 Å². The molecule has 2 saturated carbocycles. The zero-order valence-corrected chi connectivity index (χ0v) is 31.7. The van der Waals surface area contributed by atoms with Gasteiger partial charge in [0.25, 0.3) is 19.6 Å². The number of aryl methyl sites for hydroxylation is 2. The molecule has 16 heteroatoms. The maximum absolute atomic E-state index is 12.4. The van der Waals surface area contributed by atoms with Gasteiger partial charge in [-0.15, -0.1) is 0 Å². The molecule has 0 radical (unpaired) electrons. The maximum atomic E-state index is 12.4. The molecule has 6 rings (SSSR count). The predicted octanol–water partition coefficient (Wildman–Crippen LogP) is 4.87. The van der Waals surface area contributed by atoms with Crippen molar-refractivity contribution < 1.29 is 23.6 Å². The van der Waals surface area contributed by atoms with Gasteiger partial charge in [0.1, 0.15) is 12.5 Å². The Balaban J connectivity index is 0.000000308. The second kappa shape index (κ2) is 18.6. The number of aromatic nitrogens is 4. The number of aromatic amines is 2. The summed E-state index contributed by atoms with van der Waals surface area (Å²) < 4.78 is 29.9. The zero-order valence-electron chi connectivity index (χ0n) is 30.8. The Kier molecular flexibility index (Phi) is 15.6. The van der Waals surface area contributed by atoms with Crippen molar-refractivity contribution in [3.63, 3.8) is 0 Å². The number of rotatable bonds is 10. The van der Waals surface area contributed by atoms with Crippen LogP contribution in [0.4, 0.5) is 0 Å². The molecule has 1 unspecified atom stereocenters. The van der Waals surface area contributed by atoms with Crippen LogP contribution >= 0.6 is 8.53 Å². The molecule has 3 N–H and O–H groups in total. The predicted molar refractivity (Wildman–Crippen MR) is 203 cm³/mol. The number of fused-ring (bicyclic) bond motifs is 2. The van der Waals surface area contributed by atoms with Gasteiger partial charge in [-0.25, -0.2) is 14.3 Å². The van der Waals surface area contributed by atoms with Crippen molar-refractivity contribution in [1.29, 1.82) is 5.26 Å². The van der Waals surface area contributed by atoms with Gasteiger partial charge in [-0.3, -0.25) is 28.7 Å². The fourth-order valence-electron chi connectivity index (χ4n) is 8.10. The lowest BCUT2D eigenvalue weighted by atomic mass is 9.94. The molecule has 15 nitrogen and oxygen atoms in total. The molecule has 2 saturated heterocycles. The molecular formula is C37H61N6O9P. The van der Waals surface area contributed by atoms with Crippen LogP contribution in [0.25, 0.3) is 0 Å². The third-order valence-corrected chi connectivity index (χ3v) is 12.8. The first kappa shape index (κ1) is 44.4. The number of hydrogen-bond donors (Lipinski definition) is 3. The number of hydrogen-bond acceptors (Lipinski definition) is 11. The first-order chi connectivity index (χ1) is 24.1. The van der Waals surface area contributed by atoms with E-state index in [1.54, 1.807) is 20.0 Å². The number of H-pyrrole nitrogens is 2. The molecular weight excluding hydrogens is 703 g/mol. The van der Waals surface area contributed by atoms with Gasteiger partial charge in [0, 0.05) is 35.6 Å². The average molecular weight is 765 g/mol. The van der Waals surface area contributed by atoms with Crippen molar-refractivity contribution in [2.75, 3.05) is 6.61 Å². The van der Waals surface area contributed by atoms with Gasteiger partial charge in [-0.2, -0.15) is 5.26 Å². The summed E-state index contributed by atoms with van der Waals surface area (Å²) >= 11 is 0. The lowest BCUT2D eigenvalue weighted by Crippen LogP contribution is -2.36. The monoisotopic (exact) mass is 764 g/mol. The highest BCUT2D eigenvalue weighted by atomic mass is 31.2. The van der Waals surface area contributed by atoms with E-state index in [4.69, 9.17) is 23.8 Å². The Hall–Kier alpha value is -2.96. The van der Waals surface area contributed by atoms with Crippen LogP contribution in [0.3, 0.4) is 0 Å². The topological polar surface area (TPSA) is 194 Å². The summed E-state index contributed by atoms with van der Waals surface area (Å²) in [5.41, 5.74) is -0.695. The molecule has 2 aromatic rings. The number of aliphatic hydroxyl groups excluding tert-OH is 1. The quantitative estimate of drug-likeness (QED) is 0.221. The van der Waals surface area contributed by atoms with Crippen molar-refractivity contribution in [3.8, 4) is 6.07 Å². The Morgan fingerprint density at radius 1 is 0.868 bits per heavy atom. The van der Waals surface area contributed by atoms with E-state index in [0.717, 1.165) is 12.8 Å². The van der Waals surface area contributed by atoms with Gasteiger partial charge in [-0.05, 0) is 90.9 Å². The van der Waals surface area contributed by atoms with Crippen LogP contribution in [0, 0.1) is 48.9 Å². The van der Waals surface area contributed by atoms with Crippen LogP contribution in [0.2, 0.25) is 0 Å². The molecule has 0 amide bonds. The largest absolute Gasteiger partial charge is 0.390 e. The van der Waals surface area contributed by atoms with E-state index < -0.39 is 38.5 Å². The van der Waals surface area contributed by atoms with Gasteiger partial charge in [0.05, 0.1) is 43.5 Å². The number of nitrogens with one attached hydrogen (secondary N) is 2. The zero-order chi connectivity index (χ0) is 37.3. The van der Waals surface area contributed by atoms with Crippen LogP contribution in [0.1, 0.15) is 112 Å². The smallest absolute Gasteiger partial charge is 0.330 e. The summed E-state index contributed by atoms with van der Waals surface area (Å²) in [7, 11) is -1.37. The molecule has 53 heavy (non-hydrogen) atoms. The van der Waals surface area contributed by atoms with E-state index in [1.165, 1.54) is 15.3 Å². The molecule has 2 aliphatic heterocycles. The number of ether oxygens (including phenoxy) is 2. The summed E-state index contributed by atoms with van der Waals surface area (Å²) in [6, 6.07) is 2.57. The number of nitriles is 1. The number of aliphatic hydroxyl groups is 1. The molecule has 2 aliphatic carbocycles. The van der Waals surface area contributed by atoms with Crippen LogP contribution < -0.4 is 22.5 Å². The third kappa shape index (κ3) is 9.65.